The summed E-state index contributed by atoms with van der Waals surface area (Å²) in [5.74, 6) is -0.852. The molecule has 0 heterocycles. The maximum absolute atomic E-state index is 10.8. The maximum atomic E-state index is 10.8. The highest BCUT2D eigenvalue weighted by molar-refractivity contribution is 9.10. The lowest BCUT2D eigenvalue weighted by Crippen LogP contribution is -2.22. The third-order valence-corrected chi connectivity index (χ3v) is 2.57. The number of primary amides is 1. The summed E-state index contributed by atoms with van der Waals surface area (Å²) in [6.07, 6.45) is 0.801. The second kappa shape index (κ2) is 6.01. The standard InChI is InChI=1S/C11H11BrN4O/c1-2-7-5-8(12)3-4-9(7)15-16-10(6-13)11(14)17/h3-5,15H,2H2,1H3,(H2,14,17). The van der Waals surface area contributed by atoms with Gasteiger partial charge in [-0.05, 0) is 30.2 Å². The summed E-state index contributed by atoms with van der Waals surface area (Å²) in [5, 5.41) is 12.3. The third-order valence-electron chi connectivity index (χ3n) is 2.08. The number of nitrogens with two attached hydrogens (primary N) is 1. The van der Waals surface area contributed by atoms with Crippen LogP contribution in [0.5, 0.6) is 0 Å². The minimum absolute atomic E-state index is 0.352. The number of aryl methyl sites for hydroxylation is 1. The Kier molecular flexibility index (Phi) is 4.67. The molecular weight excluding hydrogens is 284 g/mol. The Morgan fingerprint density at radius 3 is 2.88 bits per heavy atom. The van der Waals surface area contributed by atoms with Crippen LogP contribution in [0.3, 0.4) is 0 Å². The van der Waals surface area contributed by atoms with E-state index >= 15 is 0 Å². The topological polar surface area (TPSA) is 91.3 Å². The van der Waals surface area contributed by atoms with E-state index in [0.717, 1.165) is 22.1 Å². The van der Waals surface area contributed by atoms with Crippen LogP contribution in [0, 0.1) is 11.3 Å². The minimum Gasteiger partial charge on any atom is -0.364 e. The van der Waals surface area contributed by atoms with Gasteiger partial charge in [0.2, 0.25) is 5.71 Å². The average Bonchev–Trinajstić information content (AvgIpc) is 2.31. The number of anilines is 1. The number of hydrogen-bond acceptors (Lipinski definition) is 4. The van der Waals surface area contributed by atoms with E-state index in [2.05, 4.69) is 26.5 Å². The van der Waals surface area contributed by atoms with Crippen LogP contribution < -0.4 is 11.2 Å². The first kappa shape index (κ1) is 13.2. The van der Waals surface area contributed by atoms with Crippen molar-refractivity contribution in [3.05, 3.63) is 28.2 Å². The molecule has 1 aromatic carbocycles. The quantitative estimate of drug-likeness (QED) is 0.655. The number of hydrogen-bond donors (Lipinski definition) is 2. The smallest absolute Gasteiger partial charge is 0.280 e. The molecule has 0 bridgehead atoms. The fourth-order valence-electron chi connectivity index (χ4n) is 1.22. The number of nitriles is 1. The second-order valence-electron chi connectivity index (χ2n) is 3.20. The van der Waals surface area contributed by atoms with Crippen LogP contribution in [0.25, 0.3) is 0 Å². The van der Waals surface area contributed by atoms with E-state index in [4.69, 9.17) is 11.0 Å². The molecule has 0 unspecified atom stereocenters. The maximum Gasteiger partial charge on any atom is 0.280 e. The number of halogens is 1. The van der Waals surface area contributed by atoms with Crippen LogP contribution in [-0.4, -0.2) is 11.6 Å². The molecule has 0 aliphatic rings. The first-order chi connectivity index (χ1) is 8.08. The van der Waals surface area contributed by atoms with E-state index < -0.39 is 5.91 Å². The molecule has 1 aromatic rings. The summed E-state index contributed by atoms with van der Waals surface area (Å²) >= 11 is 3.36. The number of carbonyl (C=O) groups excluding carboxylic acids is 1. The molecule has 0 saturated heterocycles. The Bertz CT molecular complexity index is 505. The molecule has 0 fully saturated rings. The van der Waals surface area contributed by atoms with Gasteiger partial charge in [0.05, 0.1) is 5.69 Å². The highest BCUT2D eigenvalue weighted by Gasteiger charge is 2.06. The Morgan fingerprint density at radius 2 is 2.35 bits per heavy atom. The molecule has 0 spiro atoms. The Balaban J connectivity index is 2.97. The Morgan fingerprint density at radius 1 is 1.65 bits per heavy atom. The van der Waals surface area contributed by atoms with E-state index in [1.54, 1.807) is 6.07 Å². The lowest BCUT2D eigenvalue weighted by Gasteiger charge is -2.07. The molecule has 0 aliphatic carbocycles. The van der Waals surface area contributed by atoms with Crippen LogP contribution >= 0.6 is 15.9 Å². The van der Waals surface area contributed by atoms with Crippen molar-refractivity contribution >= 4 is 33.2 Å². The fraction of sp³-hybridized carbons (Fsp3) is 0.182. The van der Waals surface area contributed by atoms with Crippen molar-refractivity contribution in [2.45, 2.75) is 13.3 Å². The van der Waals surface area contributed by atoms with Crippen molar-refractivity contribution in [3.8, 4) is 6.07 Å². The van der Waals surface area contributed by atoms with Gasteiger partial charge in [-0.3, -0.25) is 10.2 Å². The molecule has 17 heavy (non-hydrogen) atoms. The van der Waals surface area contributed by atoms with Crippen molar-refractivity contribution in [3.63, 3.8) is 0 Å². The van der Waals surface area contributed by atoms with Crippen LogP contribution in [0.1, 0.15) is 12.5 Å². The number of benzene rings is 1. The summed E-state index contributed by atoms with van der Waals surface area (Å²) in [6.45, 7) is 2.00. The van der Waals surface area contributed by atoms with Gasteiger partial charge in [0, 0.05) is 4.47 Å². The van der Waals surface area contributed by atoms with Gasteiger partial charge in [-0.1, -0.05) is 22.9 Å². The normalized spacial score (nSPS) is 10.8. The van der Waals surface area contributed by atoms with Crippen LogP contribution in [0.15, 0.2) is 27.8 Å². The molecule has 5 nitrogen and oxygen atoms in total. The van der Waals surface area contributed by atoms with Crippen molar-refractivity contribution in [2.24, 2.45) is 10.8 Å². The van der Waals surface area contributed by atoms with Crippen LogP contribution in [0.4, 0.5) is 5.69 Å². The molecule has 0 saturated carbocycles. The van der Waals surface area contributed by atoms with Gasteiger partial charge in [-0.2, -0.15) is 10.4 Å². The van der Waals surface area contributed by atoms with E-state index in [-0.39, 0.29) is 5.71 Å². The van der Waals surface area contributed by atoms with E-state index in [9.17, 15) is 4.79 Å². The Hall–Kier alpha value is -1.87. The van der Waals surface area contributed by atoms with Crippen LogP contribution in [-0.2, 0) is 11.2 Å². The summed E-state index contributed by atoms with van der Waals surface area (Å²) in [4.78, 5) is 10.8. The largest absolute Gasteiger partial charge is 0.364 e. The number of nitrogens with one attached hydrogen (secondary N) is 1. The van der Waals surface area contributed by atoms with Crippen molar-refractivity contribution < 1.29 is 4.79 Å². The first-order valence-corrected chi connectivity index (χ1v) is 5.69. The molecule has 0 atom stereocenters. The predicted octanol–water partition coefficient (Wildman–Crippen LogP) is 1.79. The number of rotatable bonds is 4. The number of nitrogens with zero attached hydrogens (tertiary/aromatic N) is 2. The first-order valence-electron chi connectivity index (χ1n) is 4.90. The molecule has 3 N–H and O–H groups in total. The van der Waals surface area contributed by atoms with Gasteiger partial charge in [-0.15, -0.1) is 0 Å². The monoisotopic (exact) mass is 294 g/mol. The fourth-order valence-corrected chi connectivity index (χ4v) is 1.62. The average molecular weight is 295 g/mol. The third kappa shape index (κ3) is 3.57. The zero-order valence-electron chi connectivity index (χ0n) is 9.20. The Labute approximate surface area is 107 Å². The van der Waals surface area contributed by atoms with Gasteiger partial charge < -0.3 is 5.73 Å². The van der Waals surface area contributed by atoms with Crippen molar-refractivity contribution in [1.29, 1.82) is 5.26 Å². The van der Waals surface area contributed by atoms with Gasteiger partial charge in [0.25, 0.3) is 5.91 Å². The molecule has 0 aliphatic heterocycles. The lowest BCUT2D eigenvalue weighted by atomic mass is 10.1. The SMILES string of the molecule is CCc1cc(Br)ccc1NN=C(C#N)C(N)=O. The summed E-state index contributed by atoms with van der Waals surface area (Å²) in [7, 11) is 0. The predicted molar refractivity (Wildman–Crippen MR) is 69.4 cm³/mol. The van der Waals surface area contributed by atoms with E-state index in [1.165, 1.54) is 0 Å². The van der Waals surface area contributed by atoms with Crippen LogP contribution in [0.2, 0.25) is 0 Å². The van der Waals surface area contributed by atoms with Crippen molar-refractivity contribution in [2.75, 3.05) is 5.43 Å². The van der Waals surface area contributed by atoms with Gasteiger partial charge in [0.1, 0.15) is 6.07 Å². The van der Waals surface area contributed by atoms with Gasteiger partial charge >= 0.3 is 0 Å². The zero-order chi connectivity index (χ0) is 12.8. The molecule has 1 amide bonds. The second-order valence-corrected chi connectivity index (χ2v) is 4.12. The highest BCUT2D eigenvalue weighted by atomic mass is 79.9. The number of carbonyl (C=O) groups is 1. The van der Waals surface area contributed by atoms with E-state index in [0.29, 0.717) is 0 Å². The number of hydrazone groups is 1. The minimum atomic E-state index is -0.852. The summed E-state index contributed by atoms with van der Waals surface area (Å²) in [6, 6.07) is 7.21. The lowest BCUT2D eigenvalue weighted by molar-refractivity contribution is -0.111. The highest BCUT2D eigenvalue weighted by Crippen LogP contribution is 2.21. The van der Waals surface area contributed by atoms with E-state index in [1.807, 2.05) is 25.1 Å². The zero-order valence-corrected chi connectivity index (χ0v) is 10.8. The molecule has 0 aromatic heterocycles. The van der Waals surface area contributed by atoms with Crippen molar-refractivity contribution in [1.82, 2.24) is 0 Å². The molecule has 6 heteroatoms. The number of amides is 1. The summed E-state index contributed by atoms with van der Waals surface area (Å²) in [5.41, 5.74) is 9.04. The van der Waals surface area contributed by atoms with Gasteiger partial charge in [-0.25, -0.2) is 0 Å². The molecule has 88 valence electrons. The molecular formula is C11H11BrN4O. The summed E-state index contributed by atoms with van der Waals surface area (Å²) < 4.78 is 0.958. The molecule has 0 radical (unpaired) electrons. The van der Waals surface area contributed by atoms with Gasteiger partial charge in [0.15, 0.2) is 0 Å². The molecule has 1 rings (SSSR count).